The van der Waals surface area contributed by atoms with Crippen molar-refractivity contribution in [3.05, 3.63) is 0 Å². The molecule has 2 unspecified atom stereocenters. The standard InChI is InChI=1S/C19H36N2O2/c1-2-3-11-21-14-17(9-10-19(22)23)12-18(15-21)20-13-16-7-5-4-6-8-16/h16-18,20H,2-15H2,1H3,(H,22,23). The molecule has 0 aromatic rings. The Labute approximate surface area is 142 Å². The molecule has 2 aliphatic rings. The Morgan fingerprint density at radius 3 is 2.65 bits per heavy atom. The lowest BCUT2D eigenvalue weighted by Crippen LogP contribution is -2.50. The zero-order valence-corrected chi connectivity index (χ0v) is 14.9. The van der Waals surface area contributed by atoms with Gasteiger partial charge in [-0.2, -0.15) is 0 Å². The second kappa shape index (κ2) is 10.3. The summed E-state index contributed by atoms with van der Waals surface area (Å²) in [6.07, 6.45) is 11.8. The van der Waals surface area contributed by atoms with Gasteiger partial charge >= 0.3 is 5.97 Å². The van der Waals surface area contributed by atoms with Crippen LogP contribution in [0.4, 0.5) is 0 Å². The molecule has 0 aromatic heterocycles. The smallest absolute Gasteiger partial charge is 0.303 e. The first-order valence-corrected chi connectivity index (χ1v) is 9.85. The largest absolute Gasteiger partial charge is 0.481 e. The van der Waals surface area contributed by atoms with E-state index in [1.54, 1.807) is 0 Å². The second-order valence-corrected chi connectivity index (χ2v) is 7.76. The van der Waals surface area contributed by atoms with Crippen LogP contribution < -0.4 is 5.32 Å². The molecule has 0 spiro atoms. The molecule has 1 saturated carbocycles. The molecule has 1 saturated heterocycles. The van der Waals surface area contributed by atoms with Crippen molar-refractivity contribution in [3.8, 4) is 0 Å². The average molecular weight is 325 g/mol. The number of unbranched alkanes of at least 4 members (excludes halogenated alkanes) is 1. The molecule has 2 N–H and O–H groups in total. The number of aliphatic carboxylic acids is 1. The third-order valence-electron chi connectivity index (χ3n) is 5.63. The Hall–Kier alpha value is -0.610. The van der Waals surface area contributed by atoms with Crippen LogP contribution in [0.2, 0.25) is 0 Å². The van der Waals surface area contributed by atoms with E-state index >= 15 is 0 Å². The van der Waals surface area contributed by atoms with Crippen molar-refractivity contribution in [1.29, 1.82) is 0 Å². The number of hydrogen-bond donors (Lipinski definition) is 2. The molecule has 0 radical (unpaired) electrons. The van der Waals surface area contributed by atoms with E-state index in [0.29, 0.717) is 18.4 Å². The van der Waals surface area contributed by atoms with Crippen LogP contribution in [0.15, 0.2) is 0 Å². The number of rotatable bonds is 9. The van der Waals surface area contributed by atoms with E-state index in [2.05, 4.69) is 17.1 Å². The van der Waals surface area contributed by atoms with Gasteiger partial charge in [0, 0.05) is 25.6 Å². The highest BCUT2D eigenvalue weighted by atomic mass is 16.4. The lowest BCUT2D eigenvalue weighted by atomic mass is 9.87. The third-order valence-corrected chi connectivity index (χ3v) is 5.63. The van der Waals surface area contributed by atoms with Gasteiger partial charge in [0.2, 0.25) is 0 Å². The van der Waals surface area contributed by atoms with Gasteiger partial charge in [0.25, 0.3) is 0 Å². The first-order chi connectivity index (χ1) is 11.2. The first-order valence-electron chi connectivity index (χ1n) is 9.85. The summed E-state index contributed by atoms with van der Waals surface area (Å²) in [4.78, 5) is 13.4. The molecule has 0 amide bonds. The van der Waals surface area contributed by atoms with Gasteiger partial charge in [-0.3, -0.25) is 4.79 Å². The topological polar surface area (TPSA) is 52.6 Å². The van der Waals surface area contributed by atoms with Gasteiger partial charge < -0.3 is 15.3 Å². The maximum absolute atomic E-state index is 10.9. The predicted octanol–water partition coefficient (Wildman–Crippen LogP) is 3.51. The molecule has 2 atom stereocenters. The van der Waals surface area contributed by atoms with Gasteiger partial charge in [-0.15, -0.1) is 0 Å². The number of carbonyl (C=O) groups is 1. The summed E-state index contributed by atoms with van der Waals surface area (Å²) in [5.41, 5.74) is 0. The van der Waals surface area contributed by atoms with Crippen molar-refractivity contribution in [1.82, 2.24) is 10.2 Å². The highest BCUT2D eigenvalue weighted by Gasteiger charge is 2.27. The fourth-order valence-corrected chi connectivity index (χ4v) is 4.28. The van der Waals surface area contributed by atoms with Gasteiger partial charge in [0.05, 0.1) is 0 Å². The van der Waals surface area contributed by atoms with Crippen LogP contribution in [0.3, 0.4) is 0 Å². The zero-order chi connectivity index (χ0) is 16.5. The summed E-state index contributed by atoms with van der Waals surface area (Å²) in [6.45, 7) is 6.81. The van der Waals surface area contributed by atoms with Crippen LogP contribution in [-0.2, 0) is 4.79 Å². The Morgan fingerprint density at radius 1 is 1.17 bits per heavy atom. The van der Waals surface area contributed by atoms with Gasteiger partial charge in [-0.25, -0.2) is 0 Å². The van der Waals surface area contributed by atoms with Crippen LogP contribution in [0.1, 0.15) is 71.1 Å². The van der Waals surface area contributed by atoms with Crippen LogP contribution in [-0.4, -0.2) is 48.2 Å². The monoisotopic (exact) mass is 324 g/mol. The van der Waals surface area contributed by atoms with Crippen molar-refractivity contribution >= 4 is 5.97 Å². The Morgan fingerprint density at radius 2 is 1.96 bits per heavy atom. The molecular formula is C19H36N2O2. The molecule has 4 nitrogen and oxygen atoms in total. The fraction of sp³-hybridized carbons (Fsp3) is 0.947. The number of nitrogens with one attached hydrogen (secondary N) is 1. The third kappa shape index (κ3) is 7.21. The quantitative estimate of drug-likeness (QED) is 0.681. The van der Waals surface area contributed by atoms with Gasteiger partial charge in [-0.1, -0.05) is 32.6 Å². The molecule has 0 bridgehead atoms. The summed E-state index contributed by atoms with van der Waals surface area (Å²) < 4.78 is 0. The average Bonchev–Trinajstić information content (AvgIpc) is 2.57. The lowest BCUT2D eigenvalue weighted by molar-refractivity contribution is -0.137. The van der Waals surface area contributed by atoms with Crippen molar-refractivity contribution < 1.29 is 9.90 Å². The molecule has 1 aliphatic carbocycles. The fourth-order valence-electron chi connectivity index (χ4n) is 4.28. The van der Waals surface area contributed by atoms with E-state index in [1.807, 2.05) is 0 Å². The summed E-state index contributed by atoms with van der Waals surface area (Å²) in [7, 11) is 0. The number of likely N-dealkylation sites (tertiary alicyclic amines) is 1. The molecule has 2 rings (SSSR count). The number of carboxylic acids is 1. The van der Waals surface area contributed by atoms with Gasteiger partial charge in [0.1, 0.15) is 0 Å². The number of piperidine rings is 1. The Bertz CT molecular complexity index is 342. The summed E-state index contributed by atoms with van der Waals surface area (Å²) in [5.74, 6) is 0.759. The van der Waals surface area contributed by atoms with E-state index in [-0.39, 0.29) is 0 Å². The van der Waals surface area contributed by atoms with Crippen LogP contribution in [0, 0.1) is 11.8 Å². The summed E-state index contributed by atoms with van der Waals surface area (Å²) in [6, 6.07) is 0.557. The maximum atomic E-state index is 10.9. The molecule has 4 heteroatoms. The molecule has 134 valence electrons. The molecule has 1 aliphatic heterocycles. The maximum Gasteiger partial charge on any atom is 0.303 e. The normalized spacial score (nSPS) is 27.2. The van der Waals surface area contributed by atoms with Crippen molar-refractivity contribution in [2.45, 2.75) is 77.2 Å². The minimum atomic E-state index is -0.651. The van der Waals surface area contributed by atoms with E-state index in [0.717, 1.165) is 38.4 Å². The minimum absolute atomic E-state index is 0.321. The van der Waals surface area contributed by atoms with Crippen LogP contribution in [0.25, 0.3) is 0 Å². The summed E-state index contributed by atoms with van der Waals surface area (Å²) in [5, 5.41) is 12.8. The highest BCUT2D eigenvalue weighted by molar-refractivity contribution is 5.66. The Balaban J connectivity index is 1.78. The highest BCUT2D eigenvalue weighted by Crippen LogP contribution is 2.25. The van der Waals surface area contributed by atoms with Crippen LogP contribution in [0.5, 0.6) is 0 Å². The van der Waals surface area contributed by atoms with Gasteiger partial charge in [-0.05, 0) is 57.0 Å². The van der Waals surface area contributed by atoms with E-state index < -0.39 is 5.97 Å². The van der Waals surface area contributed by atoms with Crippen LogP contribution >= 0.6 is 0 Å². The molecular weight excluding hydrogens is 288 g/mol. The number of nitrogens with zero attached hydrogens (tertiary/aromatic N) is 1. The molecule has 0 aromatic carbocycles. The first kappa shape index (κ1) is 18.7. The predicted molar refractivity (Wildman–Crippen MR) is 94.7 cm³/mol. The minimum Gasteiger partial charge on any atom is -0.481 e. The van der Waals surface area contributed by atoms with Crippen molar-refractivity contribution in [2.75, 3.05) is 26.2 Å². The van der Waals surface area contributed by atoms with Gasteiger partial charge in [0.15, 0.2) is 0 Å². The number of hydrogen-bond acceptors (Lipinski definition) is 3. The van der Waals surface area contributed by atoms with Crippen molar-refractivity contribution in [2.24, 2.45) is 11.8 Å². The van der Waals surface area contributed by atoms with E-state index in [4.69, 9.17) is 5.11 Å². The van der Waals surface area contributed by atoms with E-state index in [9.17, 15) is 4.79 Å². The molecule has 23 heavy (non-hydrogen) atoms. The molecule has 2 fully saturated rings. The zero-order valence-electron chi connectivity index (χ0n) is 14.9. The summed E-state index contributed by atoms with van der Waals surface area (Å²) >= 11 is 0. The van der Waals surface area contributed by atoms with Crippen molar-refractivity contribution in [3.63, 3.8) is 0 Å². The number of carboxylic acid groups (broad SMARTS) is 1. The SMILES string of the molecule is CCCCN1CC(CCC(=O)O)CC(NCC2CCCCC2)C1. The lowest BCUT2D eigenvalue weighted by Gasteiger charge is -2.39. The Kier molecular flexibility index (Phi) is 8.38. The second-order valence-electron chi connectivity index (χ2n) is 7.76. The molecule has 1 heterocycles. The van der Waals surface area contributed by atoms with E-state index in [1.165, 1.54) is 51.5 Å².